The van der Waals surface area contributed by atoms with Crippen LogP contribution < -0.4 is 11.1 Å². The standard InChI is InChI=1S/C16H16F2N2O3/c1-7(2)9-6-10(17)12(18)13-14(9)23-16(22)20(13)11-5-4-8(3)19-15(11)21/h6-7,11H,3-5H2,1-2H3,(H,19,21). The van der Waals surface area contributed by atoms with Crippen LogP contribution in [0.25, 0.3) is 11.1 Å². The summed E-state index contributed by atoms with van der Waals surface area (Å²) in [5.74, 6) is -3.80. The molecule has 1 aliphatic rings. The first-order valence-electron chi connectivity index (χ1n) is 7.32. The lowest BCUT2D eigenvalue weighted by molar-refractivity contribution is -0.124. The smallest absolute Gasteiger partial charge is 0.407 e. The Morgan fingerprint density at radius 3 is 2.70 bits per heavy atom. The molecular formula is C16H16F2N2O3. The summed E-state index contributed by atoms with van der Waals surface area (Å²) in [5.41, 5.74) is 0.601. The number of rotatable bonds is 2. The third-order valence-electron chi connectivity index (χ3n) is 4.06. The van der Waals surface area contributed by atoms with Crippen molar-refractivity contribution in [3.63, 3.8) is 0 Å². The Balaban J connectivity index is 2.30. The minimum absolute atomic E-state index is 0.0129. The van der Waals surface area contributed by atoms with Gasteiger partial charge in [0.15, 0.2) is 17.2 Å². The maximum Gasteiger partial charge on any atom is 0.420 e. The molecular weight excluding hydrogens is 306 g/mol. The zero-order valence-corrected chi connectivity index (χ0v) is 12.8. The zero-order valence-electron chi connectivity index (χ0n) is 12.8. The van der Waals surface area contributed by atoms with Crippen molar-refractivity contribution in [2.45, 2.75) is 38.6 Å². The molecule has 1 aromatic heterocycles. The van der Waals surface area contributed by atoms with Crippen LogP contribution in [0.2, 0.25) is 0 Å². The third kappa shape index (κ3) is 2.36. The molecule has 0 saturated carbocycles. The van der Waals surface area contributed by atoms with Crippen molar-refractivity contribution in [3.05, 3.63) is 46.1 Å². The van der Waals surface area contributed by atoms with Gasteiger partial charge in [0.05, 0.1) is 0 Å². The van der Waals surface area contributed by atoms with E-state index >= 15 is 0 Å². The Morgan fingerprint density at radius 1 is 1.39 bits per heavy atom. The van der Waals surface area contributed by atoms with Gasteiger partial charge in [-0.1, -0.05) is 20.4 Å². The highest BCUT2D eigenvalue weighted by molar-refractivity contribution is 5.86. The van der Waals surface area contributed by atoms with Crippen molar-refractivity contribution in [1.82, 2.24) is 9.88 Å². The van der Waals surface area contributed by atoms with Crippen LogP contribution in [0.1, 0.15) is 44.2 Å². The number of benzene rings is 1. The molecule has 0 aliphatic carbocycles. The van der Waals surface area contributed by atoms with Gasteiger partial charge in [-0.3, -0.25) is 9.36 Å². The summed E-state index contributed by atoms with van der Waals surface area (Å²) < 4.78 is 34.3. The molecule has 2 aromatic rings. The molecule has 0 bridgehead atoms. The fourth-order valence-corrected chi connectivity index (χ4v) is 2.89. The molecule has 2 heterocycles. The van der Waals surface area contributed by atoms with Crippen molar-refractivity contribution in [2.75, 3.05) is 0 Å². The topological polar surface area (TPSA) is 64.2 Å². The number of halogens is 2. The number of nitrogens with zero attached hydrogens (tertiary/aromatic N) is 1. The van der Waals surface area contributed by atoms with E-state index in [9.17, 15) is 18.4 Å². The summed E-state index contributed by atoms with van der Waals surface area (Å²) >= 11 is 0. The molecule has 0 spiro atoms. The molecule has 1 N–H and O–H groups in total. The van der Waals surface area contributed by atoms with Gasteiger partial charge in [0.1, 0.15) is 11.6 Å². The van der Waals surface area contributed by atoms with Crippen LogP contribution >= 0.6 is 0 Å². The first kappa shape index (κ1) is 15.5. The molecule has 1 saturated heterocycles. The summed E-state index contributed by atoms with van der Waals surface area (Å²) in [7, 11) is 0. The SMILES string of the molecule is C=C1CCC(n2c(=O)oc3c(C(C)C)cc(F)c(F)c32)C(=O)N1. The van der Waals surface area contributed by atoms with Crippen LogP contribution in [0.15, 0.2) is 27.6 Å². The number of amides is 1. The molecule has 3 rings (SSSR count). The van der Waals surface area contributed by atoms with E-state index in [0.29, 0.717) is 17.7 Å². The lowest BCUT2D eigenvalue weighted by Gasteiger charge is -2.24. The van der Waals surface area contributed by atoms with Crippen LogP contribution in [0.5, 0.6) is 0 Å². The number of hydrogen-bond acceptors (Lipinski definition) is 3. The van der Waals surface area contributed by atoms with E-state index in [2.05, 4.69) is 11.9 Å². The summed E-state index contributed by atoms with van der Waals surface area (Å²) in [6.07, 6.45) is 0.718. The highest BCUT2D eigenvalue weighted by atomic mass is 19.2. The number of carbonyl (C=O) groups is 1. The van der Waals surface area contributed by atoms with Gasteiger partial charge < -0.3 is 9.73 Å². The van der Waals surface area contributed by atoms with Gasteiger partial charge in [-0.2, -0.15) is 0 Å². The second kappa shape index (κ2) is 5.33. The molecule has 23 heavy (non-hydrogen) atoms. The number of piperidine rings is 1. The highest BCUT2D eigenvalue weighted by Gasteiger charge is 2.32. The van der Waals surface area contributed by atoms with Crippen molar-refractivity contribution < 1.29 is 18.0 Å². The van der Waals surface area contributed by atoms with E-state index < -0.39 is 29.3 Å². The molecule has 1 amide bonds. The average Bonchev–Trinajstić information content (AvgIpc) is 2.80. The normalized spacial score (nSPS) is 18.7. The molecule has 0 radical (unpaired) electrons. The monoisotopic (exact) mass is 322 g/mol. The number of hydrogen-bond donors (Lipinski definition) is 1. The van der Waals surface area contributed by atoms with Crippen LogP contribution in [0.4, 0.5) is 8.78 Å². The van der Waals surface area contributed by atoms with Gasteiger partial charge in [0, 0.05) is 11.3 Å². The Morgan fingerprint density at radius 2 is 2.09 bits per heavy atom. The zero-order chi connectivity index (χ0) is 16.9. The second-order valence-corrected chi connectivity index (χ2v) is 5.98. The van der Waals surface area contributed by atoms with Crippen molar-refractivity contribution in [3.8, 4) is 0 Å². The van der Waals surface area contributed by atoms with E-state index in [-0.39, 0.29) is 23.4 Å². The number of aromatic nitrogens is 1. The highest BCUT2D eigenvalue weighted by Crippen LogP contribution is 2.32. The van der Waals surface area contributed by atoms with E-state index in [1.807, 2.05) is 0 Å². The first-order valence-corrected chi connectivity index (χ1v) is 7.32. The van der Waals surface area contributed by atoms with E-state index in [1.165, 1.54) is 0 Å². The molecule has 1 unspecified atom stereocenters. The number of fused-ring (bicyclic) bond motifs is 1. The van der Waals surface area contributed by atoms with Gasteiger partial charge in [-0.15, -0.1) is 0 Å². The minimum atomic E-state index is -1.19. The summed E-state index contributed by atoms with van der Waals surface area (Å²) in [6, 6.07) is 0.0730. The largest absolute Gasteiger partial charge is 0.420 e. The molecule has 122 valence electrons. The molecule has 5 nitrogen and oxygen atoms in total. The Labute approximate surface area is 130 Å². The van der Waals surface area contributed by atoms with Crippen molar-refractivity contribution in [1.29, 1.82) is 0 Å². The second-order valence-electron chi connectivity index (χ2n) is 5.98. The van der Waals surface area contributed by atoms with E-state index in [4.69, 9.17) is 4.42 Å². The van der Waals surface area contributed by atoms with Gasteiger partial charge >= 0.3 is 5.76 Å². The number of carbonyl (C=O) groups excluding carboxylic acids is 1. The maximum absolute atomic E-state index is 14.3. The molecule has 1 fully saturated rings. The molecule has 1 aromatic carbocycles. The lowest BCUT2D eigenvalue weighted by atomic mass is 10.0. The van der Waals surface area contributed by atoms with Crippen molar-refractivity contribution >= 4 is 17.0 Å². The fourth-order valence-electron chi connectivity index (χ4n) is 2.89. The first-order chi connectivity index (χ1) is 10.8. The van der Waals surface area contributed by atoms with Gasteiger partial charge in [-0.05, 0) is 24.8 Å². The Bertz CT molecular complexity index is 880. The van der Waals surface area contributed by atoms with E-state index in [0.717, 1.165) is 10.6 Å². The summed E-state index contributed by atoms with van der Waals surface area (Å²) in [6.45, 7) is 7.21. The van der Waals surface area contributed by atoms with Crippen LogP contribution in [-0.4, -0.2) is 10.5 Å². The number of oxazole rings is 1. The average molecular weight is 322 g/mol. The maximum atomic E-state index is 14.3. The quantitative estimate of drug-likeness (QED) is 0.924. The fraction of sp³-hybridized carbons (Fsp3) is 0.375. The lowest BCUT2D eigenvalue weighted by Crippen LogP contribution is -2.39. The Hall–Kier alpha value is -2.44. The molecule has 7 heteroatoms. The Kier molecular flexibility index (Phi) is 3.58. The molecule has 1 aliphatic heterocycles. The molecule has 1 atom stereocenters. The van der Waals surface area contributed by atoms with Crippen LogP contribution in [0, 0.1) is 11.6 Å². The van der Waals surface area contributed by atoms with Gasteiger partial charge in [-0.25, -0.2) is 13.6 Å². The third-order valence-corrected chi connectivity index (χ3v) is 4.06. The van der Waals surface area contributed by atoms with E-state index in [1.54, 1.807) is 13.8 Å². The van der Waals surface area contributed by atoms with Crippen LogP contribution in [-0.2, 0) is 4.79 Å². The summed E-state index contributed by atoms with van der Waals surface area (Å²) in [5, 5.41) is 2.53. The number of allylic oxidation sites excluding steroid dienone is 1. The van der Waals surface area contributed by atoms with Gasteiger partial charge in [0.25, 0.3) is 0 Å². The summed E-state index contributed by atoms with van der Waals surface area (Å²) in [4.78, 5) is 24.3. The van der Waals surface area contributed by atoms with Crippen molar-refractivity contribution in [2.24, 2.45) is 0 Å². The van der Waals surface area contributed by atoms with Gasteiger partial charge in [0.2, 0.25) is 5.91 Å². The van der Waals surface area contributed by atoms with Crippen LogP contribution in [0.3, 0.4) is 0 Å². The predicted molar refractivity (Wildman–Crippen MR) is 80.0 cm³/mol. The minimum Gasteiger partial charge on any atom is -0.407 e. The predicted octanol–water partition coefficient (Wildman–Crippen LogP) is 2.96. The number of nitrogens with one attached hydrogen (secondary N) is 1.